The molecule has 0 saturated carbocycles. The van der Waals surface area contributed by atoms with E-state index < -0.39 is 17.9 Å². The normalized spacial score (nSPS) is 12.8. The van der Waals surface area contributed by atoms with Gasteiger partial charge in [-0.3, -0.25) is 19.2 Å². The Morgan fingerprint density at radius 2 is 1.24 bits per heavy atom. The second-order valence-electron chi connectivity index (χ2n) is 16.7. The summed E-state index contributed by atoms with van der Waals surface area (Å²) in [6.45, 7) is 5.58. The third-order valence-corrected chi connectivity index (χ3v) is 13.8. The molecule has 7 N–H and O–H groups in total. The van der Waals surface area contributed by atoms with Gasteiger partial charge in [0.1, 0.15) is 15.7 Å². The summed E-state index contributed by atoms with van der Waals surface area (Å²) in [6.07, 6.45) is 2.89. The van der Waals surface area contributed by atoms with E-state index in [4.69, 9.17) is 30.0 Å². The summed E-state index contributed by atoms with van der Waals surface area (Å²) in [5.74, 6) is -2.64. The van der Waals surface area contributed by atoms with Crippen molar-refractivity contribution in [1.29, 1.82) is 0 Å². The number of anilines is 2. The number of nitrogens with one attached hydrogen (secondary N) is 4. The highest BCUT2D eigenvalue weighted by molar-refractivity contribution is 7.13. The fourth-order valence-electron chi connectivity index (χ4n) is 8.37. The van der Waals surface area contributed by atoms with Crippen molar-refractivity contribution in [2.24, 2.45) is 0 Å². The maximum absolute atomic E-state index is 12.8. The maximum Gasteiger partial charge on any atom is 0.352 e. The third-order valence-electron chi connectivity index (χ3n) is 12.0. The molecule has 2 aliphatic rings. The lowest BCUT2D eigenvalue weighted by atomic mass is 10.00. The predicted molar refractivity (Wildman–Crippen MR) is 276 cm³/mol. The van der Waals surface area contributed by atoms with Gasteiger partial charge in [0, 0.05) is 79.7 Å². The Labute approximate surface area is 416 Å². The maximum atomic E-state index is 12.8. The number of H-pyrrole nitrogens is 2. The summed E-state index contributed by atoms with van der Waals surface area (Å²) in [4.78, 5) is 72.0. The highest BCUT2D eigenvalue weighted by Crippen LogP contribution is 2.39. The molecule has 0 radical (unpaired) electrons. The van der Waals surface area contributed by atoms with E-state index in [0.29, 0.717) is 35.4 Å². The zero-order valence-electron chi connectivity index (χ0n) is 39.0. The van der Waals surface area contributed by atoms with Gasteiger partial charge in [-0.2, -0.15) is 0 Å². The van der Waals surface area contributed by atoms with E-state index in [-0.39, 0.29) is 36.8 Å². The molecule has 4 aromatic heterocycles. The van der Waals surface area contributed by atoms with E-state index >= 15 is 0 Å². The lowest BCUT2D eigenvalue weighted by Gasteiger charge is -2.03. The Hall–Kier alpha value is -8.41. The third kappa shape index (κ3) is 11.2. The van der Waals surface area contributed by atoms with Crippen molar-refractivity contribution in [3.05, 3.63) is 158 Å². The van der Waals surface area contributed by atoms with E-state index in [9.17, 15) is 24.0 Å². The average Bonchev–Trinajstić information content (AvgIpc) is 4.23. The zero-order chi connectivity index (χ0) is 50.3. The molecular weight excluding hydrogens is 941 g/mol. The van der Waals surface area contributed by atoms with Crippen molar-refractivity contribution in [1.82, 2.24) is 19.9 Å². The first-order chi connectivity index (χ1) is 34.2. The van der Waals surface area contributed by atoms with Crippen LogP contribution in [0.2, 0.25) is 0 Å². The van der Waals surface area contributed by atoms with E-state index in [0.717, 1.165) is 88.7 Å². The van der Waals surface area contributed by atoms with Crippen LogP contribution in [0.4, 0.5) is 11.4 Å². The molecule has 0 spiro atoms. The number of amides is 2. The van der Waals surface area contributed by atoms with E-state index in [1.165, 1.54) is 7.11 Å². The van der Waals surface area contributed by atoms with Gasteiger partial charge < -0.3 is 40.7 Å². The molecule has 71 heavy (non-hydrogen) atoms. The minimum Gasteiger partial charge on any atom is -0.482 e. The number of ether oxygens (including phenoxy) is 1. The van der Waals surface area contributed by atoms with Gasteiger partial charge in [-0.05, 0) is 86.2 Å². The summed E-state index contributed by atoms with van der Waals surface area (Å²) in [6, 6.07) is 32.1. The quantitative estimate of drug-likeness (QED) is 0.0536. The highest BCUT2D eigenvalue weighted by Gasteiger charge is 2.26. The first-order valence-electron chi connectivity index (χ1n) is 22.4. The number of aromatic nitrogens is 4. The number of hydrogen-bond donors (Lipinski definition) is 7. The van der Waals surface area contributed by atoms with Gasteiger partial charge >= 0.3 is 17.9 Å². The molecule has 17 heteroatoms. The van der Waals surface area contributed by atoms with Gasteiger partial charge in [-0.25, -0.2) is 14.8 Å². The molecule has 0 aliphatic carbocycles. The molecule has 360 valence electrons. The molecule has 8 aromatic rings. The molecule has 15 nitrogen and oxygen atoms in total. The van der Waals surface area contributed by atoms with Gasteiger partial charge in [0.05, 0.1) is 30.5 Å². The lowest BCUT2D eigenvalue weighted by molar-refractivity contribution is -0.138. The van der Waals surface area contributed by atoms with Crippen molar-refractivity contribution < 1.29 is 44.0 Å². The van der Waals surface area contributed by atoms with Crippen LogP contribution in [0.3, 0.4) is 0 Å². The summed E-state index contributed by atoms with van der Waals surface area (Å²) >= 11 is 3.23. The number of benzene rings is 4. The fraction of sp³-hybridized carbons (Fsp3) is 0.167. The number of aryl methyl sites for hydroxylation is 1. The minimum atomic E-state index is -1.12. The summed E-state index contributed by atoms with van der Waals surface area (Å²) < 4.78 is 4.96. The number of carbonyl (C=O) groups excluding carboxylic acids is 2. The SMILES string of the molecule is COc1[nH]c(C(=O)O)c(CCC(=O)O)c1C.Cc1[nH]c(/C=C2\C(=O)Nc3ccc(-c4csc(-c5ccccc5)n4)cc32)c(C)c1CCC(=O)O.O=C1Cc2cc(-c3csc(-c4ccccc4)n3)ccc2N1. The topological polar surface area (TPSA) is 237 Å². The first kappa shape index (κ1) is 49.0. The van der Waals surface area contributed by atoms with Crippen molar-refractivity contribution in [2.45, 2.75) is 52.9 Å². The van der Waals surface area contributed by atoms with Crippen LogP contribution in [-0.4, -0.2) is 72.1 Å². The number of thiazole rings is 2. The second-order valence-corrected chi connectivity index (χ2v) is 18.4. The summed E-state index contributed by atoms with van der Waals surface area (Å²) in [5, 5.41) is 38.4. The molecule has 0 saturated heterocycles. The van der Waals surface area contributed by atoms with Crippen LogP contribution in [-0.2, 0) is 38.4 Å². The fourth-order valence-corrected chi connectivity index (χ4v) is 10.0. The zero-order valence-corrected chi connectivity index (χ0v) is 40.6. The predicted octanol–water partition coefficient (Wildman–Crippen LogP) is 11.0. The number of nitrogens with zero attached hydrogens (tertiary/aromatic N) is 2. The van der Waals surface area contributed by atoms with Crippen molar-refractivity contribution in [2.75, 3.05) is 17.7 Å². The number of methoxy groups -OCH3 is 1. The van der Waals surface area contributed by atoms with Gasteiger partial charge in [-0.1, -0.05) is 72.8 Å². The average molecular weight is 989 g/mol. The Balaban J connectivity index is 0.000000156. The Morgan fingerprint density at radius 1 is 0.676 bits per heavy atom. The van der Waals surface area contributed by atoms with Crippen molar-refractivity contribution in [3.8, 4) is 49.5 Å². The first-order valence-corrected chi connectivity index (χ1v) is 24.2. The minimum absolute atomic E-state index is 0.00407. The van der Waals surface area contributed by atoms with E-state index in [1.807, 2.05) is 104 Å². The molecule has 0 fully saturated rings. The lowest BCUT2D eigenvalue weighted by Crippen LogP contribution is -2.04. The van der Waals surface area contributed by atoms with Crippen LogP contribution in [0.25, 0.3) is 55.3 Å². The molecule has 6 heterocycles. The number of fused-ring (bicyclic) bond motifs is 2. The number of aliphatic carboxylic acids is 2. The molecule has 0 atom stereocenters. The van der Waals surface area contributed by atoms with Crippen molar-refractivity contribution >= 4 is 75.4 Å². The van der Waals surface area contributed by atoms with Crippen molar-refractivity contribution in [3.63, 3.8) is 0 Å². The Kier molecular flexibility index (Phi) is 14.8. The highest BCUT2D eigenvalue weighted by atomic mass is 32.1. The van der Waals surface area contributed by atoms with Crippen LogP contribution in [0.15, 0.2) is 108 Å². The molecule has 2 aliphatic heterocycles. The van der Waals surface area contributed by atoms with Crippen LogP contribution in [0.5, 0.6) is 5.88 Å². The molecule has 4 aromatic carbocycles. The Bertz CT molecular complexity index is 3350. The van der Waals surface area contributed by atoms with Crippen LogP contribution in [0, 0.1) is 20.8 Å². The van der Waals surface area contributed by atoms with E-state index in [2.05, 4.69) is 44.2 Å². The molecular formula is C54H48N6O9S2. The van der Waals surface area contributed by atoms with Gasteiger partial charge in [0.25, 0.3) is 5.91 Å². The van der Waals surface area contributed by atoms with Gasteiger partial charge in [-0.15, -0.1) is 22.7 Å². The number of rotatable bonds is 13. The second kappa shape index (κ2) is 21.5. The number of carboxylic acid groups (broad SMARTS) is 3. The smallest absolute Gasteiger partial charge is 0.352 e. The van der Waals surface area contributed by atoms with Crippen LogP contribution in [0.1, 0.15) is 68.1 Å². The number of carbonyl (C=O) groups is 5. The van der Waals surface area contributed by atoms with Gasteiger partial charge in [0.2, 0.25) is 5.91 Å². The number of aromatic carboxylic acids is 1. The number of hydrogen-bond acceptors (Lipinski definition) is 10. The largest absolute Gasteiger partial charge is 0.482 e. The molecule has 0 unspecified atom stereocenters. The van der Waals surface area contributed by atoms with Crippen LogP contribution < -0.4 is 15.4 Å². The molecule has 0 bridgehead atoms. The van der Waals surface area contributed by atoms with Crippen LogP contribution >= 0.6 is 22.7 Å². The summed E-state index contributed by atoms with van der Waals surface area (Å²) in [7, 11) is 1.42. The standard InChI is InChI=1S/C27H23N3O3S.C17H12N2OS.C10H13NO5/c1-15-19(9-11-25(31)32)16(2)28-23(15)13-21-20-12-18(8-10-22(20)29-26(21)33)24-14-34-27(30-24)17-6-4-3-5-7-17;20-16-9-13-8-12(6-7-14(13)18-16)15-10-21-17(19-15)11-4-2-1-3-5-11;1-5-6(3-4-7(12)13)8(10(14)15)11-9(5)16-2/h3-8,10,12-14,28H,9,11H2,1-2H3,(H,29,33)(H,31,32);1-8,10H,9H2,(H,18,20);11H,3-4H2,1-2H3,(H,12,13)(H,14,15)/b21-13-;;. The Morgan fingerprint density at radius 3 is 1.80 bits per heavy atom. The molecule has 2 amide bonds. The summed E-state index contributed by atoms with van der Waals surface area (Å²) in [5.41, 5.74) is 15.0. The number of aromatic amines is 2. The van der Waals surface area contributed by atoms with Gasteiger partial charge in [0.15, 0.2) is 5.88 Å². The molecule has 10 rings (SSSR count). The van der Waals surface area contributed by atoms with E-state index in [1.54, 1.807) is 29.6 Å². The number of carboxylic acids is 3. The monoisotopic (exact) mass is 988 g/mol.